The molecule has 0 unspecified atom stereocenters. The van der Waals surface area contributed by atoms with Crippen LogP contribution in [0.4, 0.5) is 0 Å². The van der Waals surface area contributed by atoms with Crippen molar-refractivity contribution in [2.45, 2.75) is 45.2 Å². The minimum Gasteiger partial charge on any atom is -0.478 e. The molecule has 2 aromatic rings. The van der Waals surface area contributed by atoms with E-state index >= 15 is 0 Å². The number of rotatable bonds is 2. The second-order valence-electron chi connectivity index (χ2n) is 7.56. The molecule has 3 heterocycles. The minimum absolute atomic E-state index is 0.0628. The first-order valence-electron chi connectivity index (χ1n) is 9.58. The fourth-order valence-corrected chi connectivity index (χ4v) is 4.36. The SMILES string of the molecule is Cc1cc2c(c3c1C(=O)/C(=C/c1cccnc1)O3)CN(C1CCCC1)CO2. The third-order valence-corrected chi connectivity index (χ3v) is 5.77. The Balaban J connectivity index is 1.52. The van der Waals surface area contributed by atoms with Crippen LogP contribution in [0.15, 0.2) is 36.4 Å². The van der Waals surface area contributed by atoms with Gasteiger partial charge in [-0.3, -0.25) is 14.7 Å². The van der Waals surface area contributed by atoms with Crippen LogP contribution < -0.4 is 9.47 Å². The minimum atomic E-state index is -0.0628. The summed E-state index contributed by atoms with van der Waals surface area (Å²) in [5, 5.41) is 0. The summed E-state index contributed by atoms with van der Waals surface area (Å²) in [6.45, 7) is 3.33. The highest BCUT2D eigenvalue weighted by Gasteiger charge is 2.36. The molecule has 1 aromatic heterocycles. The zero-order valence-electron chi connectivity index (χ0n) is 15.4. The maximum absolute atomic E-state index is 13.0. The molecule has 0 atom stereocenters. The maximum Gasteiger partial charge on any atom is 0.232 e. The summed E-state index contributed by atoms with van der Waals surface area (Å²) < 4.78 is 12.1. The standard InChI is InChI=1S/C22H22N2O3/c1-14-9-18-17(12-24(13-26-18)16-6-2-3-7-16)22-20(14)21(25)19(27-22)10-15-5-4-8-23-11-15/h4-5,8-11,16H,2-3,6-7,12-13H2,1H3/b19-10-. The number of nitrogens with zero attached hydrogens (tertiary/aromatic N) is 2. The van der Waals surface area contributed by atoms with Gasteiger partial charge in [0, 0.05) is 25.0 Å². The number of benzene rings is 1. The number of pyridine rings is 1. The summed E-state index contributed by atoms with van der Waals surface area (Å²) in [4.78, 5) is 19.5. The van der Waals surface area contributed by atoms with Gasteiger partial charge in [-0.2, -0.15) is 0 Å². The molecule has 5 nitrogen and oxygen atoms in total. The number of ketones is 1. The lowest BCUT2D eigenvalue weighted by molar-refractivity contribution is 0.0567. The predicted molar refractivity (Wildman–Crippen MR) is 102 cm³/mol. The molecular weight excluding hydrogens is 340 g/mol. The second-order valence-corrected chi connectivity index (χ2v) is 7.56. The molecule has 0 spiro atoms. The summed E-state index contributed by atoms with van der Waals surface area (Å²) in [6, 6.07) is 6.30. The first-order chi connectivity index (χ1) is 13.2. The van der Waals surface area contributed by atoms with Crippen molar-refractivity contribution in [2.75, 3.05) is 6.73 Å². The number of aromatic nitrogens is 1. The smallest absolute Gasteiger partial charge is 0.232 e. The Bertz CT molecular complexity index is 930. The molecule has 27 heavy (non-hydrogen) atoms. The predicted octanol–water partition coefficient (Wildman–Crippen LogP) is 4.10. The summed E-state index contributed by atoms with van der Waals surface area (Å²) in [5.41, 5.74) is 3.42. The van der Waals surface area contributed by atoms with Crippen LogP contribution in [0.1, 0.15) is 52.7 Å². The Kier molecular flexibility index (Phi) is 3.97. The number of fused-ring (bicyclic) bond motifs is 3. The van der Waals surface area contributed by atoms with Crippen molar-refractivity contribution >= 4 is 11.9 Å². The lowest BCUT2D eigenvalue weighted by atomic mass is 9.98. The molecule has 0 N–H and O–H groups in total. The van der Waals surface area contributed by atoms with Gasteiger partial charge in [-0.05, 0) is 49.1 Å². The summed E-state index contributed by atoms with van der Waals surface area (Å²) >= 11 is 0. The molecule has 0 amide bonds. The van der Waals surface area contributed by atoms with Crippen LogP contribution in [0.5, 0.6) is 11.5 Å². The van der Waals surface area contributed by atoms with Crippen LogP contribution in [0, 0.1) is 6.92 Å². The molecule has 0 radical (unpaired) electrons. The van der Waals surface area contributed by atoms with E-state index in [4.69, 9.17) is 9.47 Å². The third kappa shape index (κ3) is 2.82. The quantitative estimate of drug-likeness (QED) is 0.753. The van der Waals surface area contributed by atoms with Gasteiger partial charge in [0.1, 0.15) is 18.2 Å². The fourth-order valence-electron chi connectivity index (χ4n) is 4.36. The lowest BCUT2D eigenvalue weighted by Gasteiger charge is -2.34. The zero-order valence-corrected chi connectivity index (χ0v) is 15.4. The Morgan fingerprint density at radius 2 is 2.15 bits per heavy atom. The van der Waals surface area contributed by atoms with Crippen LogP contribution in [0.2, 0.25) is 0 Å². The van der Waals surface area contributed by atoms with Gasteiger partial charge in [0.25, 0.3) is 0 Å². The Hall–Kier alpha value is -2.66. The monoisotopic (exact) mass is 362 g/mol. The Morgan fingerprint density at radius 3 is 2.93 bits per heavy atom. The normalized spacial score (nSPS) is 21.1. The fraction of sp³-hybridized carbons (Fsp3) is 0.364. The highest BCUT2D eigenvalue weighted by molar-refractivity contribution is 6.15. The van der Waals surface area contributed by atoms with Crippen LogP contribution in [-0.2, 0) is 6.54 Å². The van der Waals surface area contributed by atoms with Crippen LogP contribution in [0.3, 0.4) is 0 Å². The van der Waals surface area contributed by atoms with Crippen molar-refractivity contribution in [2.24, 2.45) is 0 Å². The highest BCUT2D eigenvalue weighted by atomic mass is 16.5. The Morgan fingerprint density at radius 1 is 1.30 bits per heavy atom. The molecule has 138 valence electrons. The summed E-state index contributed by atoms with van der Waals surface area (Å²) in [5.74, 6) is 1.81. The van der Waals surface area contributed by atoms with Crippen molar-refractivity contribution < 1.29 is 14.3 Å². The lowest BCUT2D eigenvalue weighted by Crippen LogP contribution is -2.39. The third-order valence-electron chi connectivity index (χ3n) is 5.77. The summed E-state index contributed by atoms with van der Waals surface area (Å²) in [6.07, 6.45) is 10.2. The number of carbonyl (C=O) groups excluding carboxylic acids is 1. The number of hydrogen-bond acceptors (Lipinski definition) is 5. The van der Waals surface area contributed by atoms with Gasteiger partial charge in [0.05, 0.1) is 11.1 Å². The first kappa shape index (κ1) is 16.5. The van der Waals surface area contributed by atoms with Crippen molar-refractivity contribution in [1.82, 2.24) is 9.88 Å². The molecule has 1 aromatic carbocycles. The van der Waals surface area contributed by atoms with E-state index in [1.165, 1.54) is 25.7 Å². The molecule has 0 bridgehead atoms. The van der Waals surface area contributed by atoms with E-state index < -0.39 is 0 Å². The van der Waals surface area contributed by atoms with E-state index in [9.17, 15) is 4.79 Å². The number of allylic oxidation sites excluding steroid dienone is 1. The van der Waals surface area contributed by atoms with E-state index in [1.807, 2.05) is 25.1 Å². The average molecular weight is 362 g/mol. The molecule has 1 aliphatic carbocycles. The van der Waals surface area contributed by atoms with Crippen LogP contribution in [0.25, 0.3) is 6.08 Å². The van der Waals surface area contributed by atoms with Crippen molar-refractivity contribution in [3.63, 3.8) is 0 Å². The molecule has 2 aliphatic heterocycles. The van der Waals surface area contributed by atoms with E-state index in [0.29, 0.717) is 29.8 Å². The van der Waals surface area contributed by atoms with Crippen LogP contribution in [-0.4, -0.2) is 28.4 Å². The van der Waals surface area contributed by atoms with Gasteiger partial charge in [-0.25, -0.2) is 0 Å². The van der Waals surface area contributed by atoms with Crippen molar-refractivity contribution in [1.29, 1.82) is 0 Å². The average Bonchev–Trinajstić information content (AvgIpc) is 3.32. The Labute approximate surface area is 158 Å². The van der Waals surface area contributed by atoms with Gasteiger partial charge in [-0.15, -0.1) is 0 Å². The molecular formula is C22H22N2O3. The maximum atomic E-state index is 13.0. The van der Waals surface area contributed by atoms with E-state index in [-0.39, 0.29) is 5.78 Å². The number of aryl methyl sites for hydroxylation is 1. The molecule has 5 rings (SSSR count). The number of ether oxygens (including phenoxy) is 2. The largest absolute Gasteiger partial charge is 0.478 e. The molecule has 1 saturated carbocycles. The number of carbonyl (C=O) groups is 1. The molecule has 5 heteroatoms. The van der Waals surface area contributed by atoms with E-state index in [2.05, 4.69) is 9.88 Å². The van der Waals surface area contributed by atoms with E-state index in [1.54, 1.807) is 18.5 Å². The van der Waals surface area contributed by atoms with Crippen molar-refractivity contribution in [3.05, 3.63) is 58.6 Å². The molecule has 0 saturated heterocycles. The van der Waals surface area contributed by atoms with Gasteiger partial charge >= 0.3 is 0 Å². The number of Topliss-reactive ketones (excluding diaryl/α,β-unsaturated/α-hetero) is 1. The van der Waals surface area contributed by atoms with Gasteiger partial charge in [-0.1, -0.05) is 18.9 Å². The number of hydrogen-bond donors (Lipinski definition) is 0. The highest BCUT2D eigenvalue weighted by Crippen LogP contribution is 2.44. The van der Waals surface area contributed by atoms with Gasteiger partial charge in [0.2, 0.25) is 5.78 Å². The second kappa shape index (κ2) is 6.50. The molecule has 3 aliphatic rings. The zero-order chi connectivity index (χ0) is 18.4. The molecule has 1 fully saturated rings. The van der Waals surface area contributed by atoms with Crippen LogP contribution >= 0.6 is 0 Å². The van der Waals surface area contributed by atoms with Gasteiger partial charge in [0.15, 0.2) is 5.76 Å². The van der Waals surface area contributed by atoms with E-state index in [0.717, 1.165) is 29.0 Å². The topological polar surface area (TPSA) is 51.7 Å². The van der Waals surface area contributed by atoms with Crippen molar-refractivity contribution in [3.8, 4) is 11.5 Å². The van der Waals surface area contributed by atoms with Gasteiger partial charge < -0.3 is 9.47 Å². The summed E-state index contributed by atoms with van der Waals surface area (Å²) in [7, 11) is 0. The first-order valence-corrected chi connectivity index (χ1v) is 9.58.